The third-order valence-electron chi connectivity index (χ3n) is 2.69. The number of nitrogens with one attached hydrogen (secondary N) is 1. The molecule has 7 nitrogen and oxygen atoms in total. The second-order valence-electron chi connectivity index (χ2n) is 4.24. The first-order valence-corrected chi connectivity index (χ1v) is 6.16. The molecule has 0 radical (unpaired) electrons. The van der Waals surface area contributed by atoms with E-state index < -0.39 is 5.82 Å². The SMILES string of the molecule is Cc1nnnn1-c1cc(NC(=O)CCCN)ccc1F.Cl. The second kappa shape index (κ2) is 7.65. The van der Waals surface area contributed by atoms with Gasteiger partial charge in [0.25, 0.3) is 0 Å². The average molecular weight is 315 g/mol. The van der Waals surface area contributed by atoms with Crippen molar-refractivity contribution in [3.05, 3.63) is 29.8 Å². The van der Waals surface area contributed by atoms with E-state index in [9.17, 15) is 9.18 Å². The quantitative estimate of drug-likeness (QED) is 0.864. The molecule has 0 aliphatic carbocycles. The fourth-order valence-electron chi connectivity index (χ4n) is 1.69. The lowest BCUT2D eigenvalue weighted by atomic mass is 10.2. The maximum Gasteiger partial charge on any atom is 0.224 e. The lowest BCUT2D eigenvalue weighted by Crippen LogP contribution is -2.14. The fourth-order valence-corrected chi connectivity index (χ4v) is 1.69. The molecule has 1 aromatic heterocycles. The Bertz CT molecular complexity index is 618. The van der Waals surface area contributed by atoms with Crippen LogP contribution in [0, 0.1) is 12.7 Å². The molecule has 0 unspecified atom stereocenters. The first-order valence-electron chi connectivity index (χ1n) is 6.16. The van der Waals surface area contributed by atoms with Crippen molar-refractivity contribution in [2.45, 2.75) is 19.8 Å². The van der Waals surface area contributed by atoms with E-state index in [1.807, 2.05) is 0 Å². The Morgan fingerprint density at radius 1 is 1.48 bits per heavy atom. The minimum Gasteiger partial charge on any atom is -0.330 e. The molecule has 1 amide bonds. The second-order valence-corrected chi connectivity index (χ2v) is 4.24. The summed E-state index contributed by atoms with van der Waals surface area (Å²) in [5.74, 6) is -0.183. The van der Waals surface area contributed by atoms with E-state index in [4.69, 9.17) is 5.73 Å². The van der Waals surface area contributed by atoms with E-state index in [1.165, 1.54) is 22.9 Å². The number of halogens is 2. The fraction of sp³-hybridized carbons (Fsp3) is 0.333. The number of aryl methyl sites for hydroxylation is 1. The highest BCUT2D eigenvalue weighted by molar-refractivity contribution is 5.90. The lowest BCUT2D eigenvalue weighted by molar-refractivity contribution is -0.116. The molecular formula is C12H16ClFN6O. The molecule has 9 heteroatoms. The van der Waals surface area contributed by atoms with E-state index in [2.05, 4.69) is 20.8 Å². The Hall–Kier alpha value is -2.06. The Morgan fingerprint density at radius 2 is 2.24 bits per heavy atom. The van der Waals surface area contributed by atoms with Crippen molar-refractivity contribution < 1.29 is 9.18 Å². The van der Waals surface area contributed by atoms with Gasteiger partial charge in [0.15, 0.2) is 5.82 Å². The number of amides is 1. The van der Waals surface area contributed by atoms with Crippen LogP contribution >= 0.6 is 12.4 Å². The highest BCUT2D eigenvalue weighted by atomic mass is 35.5. The van der Waals surface area contributed by atoms with Crippen molar-refractivity contribution in [3.63, 3.8) is 0 Å². The summed E-state index contributed by atoms with van der Waals surface area (Å²) in [6.07, 6.45) is 0.930. The molecule has 0 bridgehead atoms. The molecular weight excluding hydrogens is 299 g/mol. The van der Waals surface area contributed by atoms with Crippen LogP contribution in [-0.4, -0.2) is 32.7 Å². The van der Waals surface area contributed by atoms with Crippen LogP contribution in [0.1, 0.15) is 18.7 Å². The minimum absolute atomic E-state index is 0. The summed E-state index contributed by atoms with van der Waals surface area (Å²) in [5.41, 5.74) is 6.01. The molecule has 0 aliphatic rings. The monoisotopic (exact) mass is 314 g/mol. The molecule has 0 spiro atoms. The summed E-state index contributed by atoms with van der Waals surface area (Å²) in [7, 11) is 0. The van der Waals surface area contributed by atoms with Crippen molar-refractivity contribution in [1.82, 2.24) is 20.2 Å². The van der Waals surface area contributed by atoms with Crippen LogP contribution in [0.2, 0.25) is 0 Å². The molecule has 0 saturated heterocycles. The van der Waals surface area contributed by atoms with Gasteiger partial charge in [0, 0.05) is 12.1 Å². The van der Waals surface area contributed by atoms with Crippen molar-refractivity contribution in [2.75, 3.05) is 11.9 Å². The van der Waals surface area contributed by atoms with Gasteiger partial charge in [0.1, 0.15) is 11.5 Å². The average Bonchev–Trinajstić information content (AvgIpc) is 2.85. The number of nitrogens with two attached hydrogens (primary N) is 1. The van der Waals surface area contributed by atoms with Crippen LogP contribution in [0.5, 0.6) is 0 Å². The number of carbonyl (C=O) groups is 1. The summed E-state index contributed by atoms with van der Waals surface area (Å²) < 4.78 is 15.1. The number of rotatable bonds is 5. The molecule has 0 saturated carbocycles. The van der Waals surface area contributed by atoms with Gasteiger partial charge in [0.05, 0.1) is 0 Å². The van der Waals surface area contributed by atoms with Gasteiger partial charge in [-0.3, -0.25) is 4.79 Å². The number of nitrogens with zero attached hydrogens (tertiary/aromatic N) is 4. The predicted molar refractivity (Wildman–Crippen MR) is 78.0 cm³/mol. The Kier molecular flexibility index (Phi) is 6.19. The molecule has 0 atom stereocenters. The molecule has 1 aromatic carbocycles. The number of tetrazole rings is 1. The topological polar surface area (TPSA) is 98.7 Å². The van der Waals surface area contributed by atoms with Gasteiger partial charge < -0.3 is 11.1 Å². The van der Waals surface area contributed by atoms with Gasteiger partial charge in [-0.25, -0.2) is 4.39 Å². The summed E-state index contributed by atoms with van der Waals surface area (Å²) in [6, 6.07) is 4.23. The van der Waals surface area contributed by atoms with Crippen LogP contribution in [-0.2, 0) is 4.79 Å². The molecule has 21 heavy (non-hydrogen) atoms. The number of carbonyl (C=O) groups excluding carboxylic acids is 1. The number of aromatic nitrogens is 4. The molecule has 3 N–H and O–H groups in total. The zero-order valence-corrected chi connectivity index (χ0v) is 12.2. The zero-order valence-electron chi connectivity index (χ0n) is 11.4. The first-order chi connectivity index (χ1) is 9.61. The van der Waals surface area contributed by atoms with Crippen LogP contribution in [0.3, 0.4) is 0 Å². The normalized spacial score (nSPS) is 10.0. The van der Waals surface area contributed by atoms with Gasteiger partial charge in [0.2, 0.25) is 5.91 Å². The maximum atomic E-state index is 13.8. The highest BCUT2D eigenvalue weighted by Crippen LogP contribution is 2.19. The molecule has 1 heterocycles. The number of hydrogen-bond acceptors (Lipinski definition) is 5. The molecule has 0 fully saturated rings. The number of benzene rings is 1. The summed E-state index contributed by atoms with van der Waals surface area (Å²) >= 11 is 0. The maximum absolute atomic E-state index is 13.8. The van der Waals surface area contributed by atoms with Gasteiger partial charge >= 0.3 is 0 Å². The van der Waals surface area contributed by atoms with E-state index >= 15 is 0 Å². The molecule has 114 valence electrons. The van der Waals surface area contributed by atoms with Crippen LogP contribution < -0.4 is 11.1 Å². The minimum atomic E-state index is -0.472. The van der Waals surface area contributed by atoms with Crippen molar-refractivity contribution in [3.8, 4) is 5.69 Å². The predicted octanol–water partition coefficient (Wildman–Crippen LogP) is 1.21. The molecule has 2 rings (SSSR count). The van der Waals surface area contributed by atoms with Crippen LogP contribution in [0.4, 0.5) is 10.1 Å². The smallest absolute Gasteiger partial charge is 0.224 e. The van der Waals surface area contributed by atoms with Crippen molar-refractivity contribution in [1.29, 1.82) is 0 Å². The van der Waals surface area contributed by atoms with E-state index in [0.717, 1.165) is 0 Å². The Balaban J connectivity index is 0.00000220. The van der Waals surface area contributed by atoms with Crippen molar-refractivity contribution >= 4 is 24.0 Å². The summed E-state index contributed by atoms with van der Waals surface area (Å²) in [6.45, 7) is 2.11. The third-order valence-corrected chi connectivity index (χ3v) is 2.69. The molecule has 2 aromatic rings. The van der Waals surface area contributed by atoms with E-state index in [0.29, 0.717) is 30.9 Å². The van der Waals surface area contributed by atoms with E-state index in [1.54, 1.807) is 6.92 Å². The van der Waals surface area contributed by atoms with Gasteiger partial charge in [-0.05, 0) is 48.5 Å². The van der Waals surface area contributed by atoms with Gasteiger partial charge in [-0.2, -0.15) is 4.68 Å². The third kappa shape index (κ3) is 4.20. The highest BCUT2D eigenvalue weighted by Gasteiger charge is 2.11. The largest absolute Gasteiger partial charge is 0.330 e. The van der Waals surface area contributed by atoms with Gasteiger partial charge in [-0.15, -0.1) is 17.5 Å². The van der Waals surface area contributed by atoms with Crippen LogP contribution in [0.15, 0.2) is 18.2 Å². The first kappa shape index (κ1) is 17.0. The summed E-state index contributed by atoms with van der Waals surface area (Å²) in [5, 5.41) is 13.6. The van der Waals surface area contributed by atoms with Crippen molar-refractivity contribution in [2.24, 2.45) is 5.73 Å². The van der Waals surface area contributed by atoms with Crippen LogP contribution in [0.25, 0.3) is 5.69 Å². The zero-order chi connectivity index (χ0) is 14.5. The Morgan fingerprint density at radius 3 is 2.86 bits per heavy atom. The standard InChI is InChI=1S/C12H15FN6O.ClH/c1-8-16-17-18-19(8)11-7-9(4-5-10(11)13)15-12(20)3-2-6-14;/h4-5,7H,2-3,6,14H2,1H3,(H,15,20);1H. The number of anilines is 1. The number of hydrogen-bond donors (Lipinski definition) is 2. The van der Waals surface area contributed by atoms with E-state index in [-0.39, 0.29) is 24.0 Å². The van der Waals surface area contributed by atoms with Gasteiger partial charge in [-0.1, -0.05) is 0 Å². The lowest BCUT2D eigenvalue weighted by Gasteiger charge is -2.08. The summed E-state index contributed by atoms with van der Waals surface area (Å²) in [4.78, 5) is 11.6. The Labute approximate surface area is 127 Å². The molecule has 0 aliphatic heterocycles.